The number of ether oxygens (including phenoxy) is 1. The van der Waals surface area contributed by atoms with Gasteiger partial charge in [-0.25, -0.2) is 4.79 Å². The summed E-state index contributed by atoms with van der Waals surface area (Å²) in [5, 5.41) is 0. The molecule has 0 saturated carbocycles. The Morgan fingerprint density at radius 1 is 1.48 bits per heavy atom. The van der Waals surface area contributed by atoms with E-state index in [2.05, 4.69) is 28.5 Å². The number of nitrogens with two attached hydrogens (primary N) is 1. The summed E-state index contributed by atoms with van der Waals surface area (Å²) in [6.45, 7) is 6.81. The molecule has 0 atom stereocenters. The highest BCUT2D eigenvalue weighted by atomic mass is 32.1. The van der Waals surface area contributed by atoms with Gasteiger partial charge in [0.1, 0.15) is 0 Å². The molecule has 21 heavy (non-hydrogen) atoms. The Morgan fingerprint density at radius 2 is 2.19 bits per heavy atom. The average molecular weight is 309 g/mol. The predicted molar refractivity (Wildman–Crippen MR) is 87.1 cm³/mol. The Labute approximate surface area is 131 Å². The van der Waals surface area contributed by atoms with E-state index < -0.39 is 0 Å². The monoisotopic (exact) mass is 309 g/mol. The highest BCUT2D eigenvalue weighted by molar-refractivity contribution is 7.80. The van der Waals surface area contributed by atoms with Crippen LogP contribution in [0.1, 0.15) is 36.3 Å². The highest BCUT2D eigenvalue weighted by Crippen LogP contribution is 2.08. The van der Waals surface area contributed by atoms with E-state index in [1.165, 1.54) is 7.11 Å². The molecule has 0 spiro atoms. The zero-order chi connectivity index (χ0) is 15.8. The summed E-state index contributed by atoms with van der Waals surface area (Å²) in [7, 11) is 1.36. The number of carbonyl (C=O) groups is 1. The normalized spacial score (nSPS) is 10.9. The van der Waals surface area contributed by atoms with Crippen LogP contribution in [0.3, 0.4) is 0 Å². The Bertz CT molecular complexity index is 474. The molecule has 0 aliphatic carbocycles. The lowest BCUT2D eigenvalue weighted by atomic mass is 10.2. The third-order valence-electron chi connectivity index (χ3n) is 2.93. The number of esters is 1. The molecule has 0 bridgehead atoms. The lowest BCUT2D eigenvalue weighted by Crippen LogP contribution is -2.31. The highest BCUT2D eigenvalue weighted by Gasteiger charge is 2.11. The summed E-state index contributed by atoms with van der Waals surface area (Å²) in [6.07, 6.45) is 2.24. The molecule has 0 saturated heterocycles. The van der Waals surface area contributed by atoms with Gasteiger partial charge in [0.05, 0.1) is 23.4 Å². The van der Waals surface area contributed by atoms with Gasteiger partial charge in [-0.2, -0.15) is 0 Å². The van der Waals surface area contributed by atoms with E-state index in [1.54, 1.807) is 12.3 Å². The molecule has 2 N–H and O–H groups in total. The van der Waals surface area contributed by atoms with Crippen LogP contribution >= 0.6 is 12.2 Å². The number of pyridine rings is 1. The fourth-order valence-electron chi connectivity index (χ4n) is 2.01. The number of thiocarbonyl (C=S) groups is 1. The van der Waals surface area contributed by atoms with Gasteiger partial charge in [0.25, 0.3) is 0 Å². The summed E-state index contributed by atoms with van der Waals surface area (Å²) in [5.41, 5.74) is 6.94. The second-order valence-corrected chi connectivity index (χ2v) is 5.90. The minimum Gasteiger partial charge on any atom is -0.465 e. The molecule has 116 valence electrons. The van der Waals surface area contributed by atoms with Gasteiger partial charge < -0.3 is 10.5 Å². The first-order chi connectivity index (χ1) is 9.92. The van der Waals surface area contributed by atoms with Crippen LogP contribution in [-0.2, 0) is 11.3 Å². The molecule has 1 aromatic rings. The number of aromatic nitrogens is 1. The van der Waals surface area contributed by atoms with Gasteiger partial charge in [0.2, 0.25) is 0 Å². The molecule has 6 heteroatoms. The molecule has 1 rings (SSSR count). The van der Waals surface area contributed by atoms with Crippen molar-refractivity contribution in [1.82, 2.24) is 9.88 Å². The molecular weight excluding hydrogens is 286 g/mol. The van der Waals surface area contributed by atoms with Gasteiger partial charge in [-0.05, 0) is 18.1 Å². The summed E-state index contributed by atoms with van der Waals surface area (Å²) >= 11 is 4.94. The van der Waals surface area contributed by atoms with E-state index in [1.807, 2.05) is 6.07 Å². The van der Waals surface area contributed by atoms with Crippen molar-refractivity contribution in [2.45, 2.75) is 26.8 Å². The fraction of sp³-hybridized carbons (Fsp3) is 0.533. The van der Waals surface area contributed by atoms with Crippen molar-refractivity contribution in [3.05, 3.63) is 29.6 Å². The molecule has 0 amide bonds. The molecule has 1 heterocycles. The largest absolute Gasteiger partial charge is 0.465 e. The minimum absolute atomic E-state index is 0.374. The van der Waals surface area contributed by atoms with E-state index in [4.69, 9.17) is 18.0 Å². The minimum atomic E-state index is -0.374. The van der Waals surface area contributed by atoms with Crippen molar-refractivity contribution in [2.75, 3.05) is 20.2 Å². The first kappa shape index (κ1) is 17.5. The maximum Gasteiger partial charge on any atom is 0.339 e. The van der Waals surface area contributed by atoms with Crippen molar-refractivity contribution < 1.29 is 9.53 Å². The molecule has 0 fully saturated rings. The summed E-state index contributed by atoms with van der Waals surface area (Å²) in [4.78, 5) is 18.5. The van der Waals surface area contributed by atoms with Gasteiger partial charge in [0.15, 0.2) is 0 Å². The maximum absolute atomic E-state index is 11.4. The van der Waals surface area contributed by atoms with Crippen molar-refractivity contribution in [3.63, 3.8) is 0 Å². The zero-order valence-corrected chi connectivity index (χ0v) is 13.7. The van der Waals surface area contributed by atoms with Crippen LogP contribution in [0.15, 0.2) is 18.3 Å². The quantitative estimate of drug-likeness (QED) is 0.585. The summed E-state index contributed by atoms with van der Waals surface area (Å²) in [6, 6.07) is 3.58. The van der Waals surface area contributed by atoms with Crippen molar-refractivity contribution in [3.8, 4) is 0 Å². The van der Waals surface area contributed by atoms with Crippen LogP contribution in [0.25, 0.3) is 0 Å². The van der Waals surface area contributed by atoms with Crippen LogP contribution in [0.5, 0.6) is 0 Å². The Hall–Kier alpha value is -1.53. The molecule has 0 aliphatic heterocycles. The van der Waals surface area contributed by atoms with E-state index in [0.717, 1.165) is 18.8 Å². The molecule has 5 nitrogen and oxygen atoms in total. The van der Waals surface area contributed by atoms with Gasteiger partial charge >= 0.3 is 5.97 Å². The maximum atomic E-state index is 11.4. The molecule has 1 aromatic heterocycles. The predicted octanol–water partition coefficient (Wildman–Crippen LogP) is 2.00. The Morgan fingerprint density at radius 3 is 2.67 bits per heavy atom. The molecule has 0 unspecified atom stereocenters. The third kappa shape index (κ3) is 6.64. The molecule has 0 aromatic carbocycles. The van der Waals surface area contributed by atoms with Crippen molar-refractivity contribution >= 4 is 23.2 Å². The number of hydrogen-bond donors (Lipinski definition) is 1. The summed E-state index contributed by atoms with van der Waals surface area (Å²) < 4.78 is 4.66. The van der Waals surface area contributed by atoms with E-state index in [-0.39, 0.29) is 5.97 Å². The lowest BCUT2D eigenvalue weighted by molar-refractivity contribution is 0.0600. The van der Waals surface area contributed by atoms with Crippen molar-refractivity contribution in [2.24, 2.45) is 11.7 Å². The van der Waals surface area contributed by atoms with Crippen LogP contribution in [0, 0.1) is 5.92 Å². The zero-order valence-electron chi connectivity index (χ0n) is 12.8. The molecule has 0 aliphatic rings. The van der Waals surface area contributed by atoms with E-state index in [0.29, 0.717) is 29.4 Å². The Balaban J connectivity index is 2.68. The molecule has 0 radical (unpaired) electrons. The average Bonchev–Trinajstić information content (AvgIpc) is 2.44. The van der Waals surface area contributed by atoms with Gasteiger partial charge in [-0.1, -0.05) is 26.1 Å². The van der Waals surface area contributed by atoms with Crippen LogP contribution in [-0.4, -0.2) is 41.0 Å². The second-order valence-electron chi connectivity index (χ2n) is 5.38. The van der Waals surface area contributed by atoms with E-state index >= 15 is 0 Å². The van der Waals surface area contributed by atoms with E-state index in [9.17, 15) is 4.79 Å². The lowest BCUT2D eigenvalue weighted by Gasteiger charge is -2.23. The van der Waals surface area contributed by atoms with Gasteiger partial charge in [-0.15, -0.1) is 0 Å². The summed E-state index contributed by atoms with van der Waals surface area (Å²) in [5.74, 6) is 0.173. The number of rotatable bonds is 8. The second kappa shape index (κ2) is 8.69. The van der Waals surface area contributed by atoms with Crippen LogP contribution in [0.4, 0.5) is 0 Å². The fourth-order valence-corrected chi connectivity index (χ4v) is 2.10. The van der Waals surface area contributed by atoms with Crippen LogP contribution in [0.2, 0.25) is 0 Å². The van der Waals surface area contributed by atoms with Gasteiger partial charge in [-0.3, -0.25) is 9.88 Å². The standard InChI is InChI=1S/C15H23N3O2S/c1-11(2)9-18(7-6-14(16)21)10-13-5-4-12(8-17-13)15(19)20-3/h4-5,8,11H,6-7,9-10H2,1-3H3,(H2,16,21). The molecular formula is C15H23N3O2S. The number of nitrogens with zero attached hydrogens (tertiary/aromatic N) is 2. The van der Waals surface area contributed by atoms with Crippen molar-refractivity contribution in [1.29, 1.82) is 0 Å². The number of methoxy groups -OCH3 is 1. The topological polar surface area (TPSA) is 68.5 Å². The first-order valence-corrected chi connectivity index (χ1v) is 7.37. The number of carbonyl (C=O) groups excluding carboxylic acids is 1. The Kier molecular flexibility index (Phi) is 7.25. The third-order valence-corrected chi connectivity index (χ3v) is 3.13. The first-order valence-electron chi connectivity index (χ1n) is 6.96. The van der Waals surface area contributed by atoms with Gasteiger partial charge in [0, 0.05) is 32.3 Å². The SMILES string of the molecule is COC(=O)c1ccc(CN(CCC(N)=S)CC(C)C)nc1. The van der Waals surface area contributed by atoms with Crippen LogP contribution < -0.4 is 5.73 Å². The smallest absolute Gasteiger partial charge is 0.339 e. The number of hydrogen-bond acceptors (Lipinski definition) is 5.